The van der Waals surface area contributed by atoms with Gasteiger partial charge in [0.25, 0.3) is 0 Å². The summed E-state index contributed by atoms with van der Waals surface area (Å²) in [7, 11) is 0. The molecule has 3 aromatic rings. The number of piperidine rings is 1. The maximum Gasteiger partial charge on any atom is 0.142 e. The van der Waals surface area contributed by atoms with E-state index in [4.69, 9.17) is 4.98 Å². The molecule has 0 radical (unpaired) electrons. The van der Waals surface area contributed by atoms with Gasteiger partial charge in [0, 0.05) is 35.2 Å². The number of fused-ring (bicyclic) bond motifs is 1. The van der Waals surface area contributed by atoms with Crippen LogP contribution in [0.15, 0.2) is 35.7 Å². The molecule has 22 heavy (non-hydrogen) atoms. The number of thiazole rings is 1. The predicted octanol–water partition coefficient (Wildman–Crippen LogP) is 4.66. The first-order valence-electron chi connectivity index (χ1n) is 7.88. The number of nitrogens with zero attached hydrogens (tertiary/aromatic N) is 3. The first kappa shape index (κ1) is 13.7. The van der Waals surface area contributed by atoms with E-state index in [1.165, 1.54) is 30.3 Å². The number of aromatic nitrogens is 2. The van der Waals surface area contributed by atoms with Crippen LogP contribution < -0.4 is 4.90 Å². The summed E-state index contributed by atoms with van der Waals surface area (Å²) in [6.07, 6.45) is 3.91. The second kappa shape index (κ2) is 5.69. The van der Waals surface area contributed by atoms with E-state index < -0.39 is 0 Å². The van der Waals surface area contributed by atoms with Crippen LogP contribution in [0.4, 0.5) is 5.69 Å². The summed E-state index contributed by atoms with van der Waals surface area (Å²) in [4.78, 5) is 12.0. The SMILES string of the molecule is Cc1csc(-c2cc(N3CCCCC3)c3ccccc3n2)n1. The Labute approximate surface area is 134 Å². The van der Waals surface area contributed by atoms with Crippen molar-refractivity contribution < 1.29 is 0 Å². The van der Waals surface area contributed by atoms with Crippen LogP contribution >= 0.6 is 11.3 Å². The van der Waals surface area contributed by atoms with Gasteiger partial charge in [-0.1, -0.05) is 18.2 Å². The molecule has 0 saturated carbocycles. The van der Waals surface area contributed by atoms with Gasteiger partial charge in [-0.15, -0.1) is 11.3 Å². The molecule has 2 aromatic heterocycles. The predicted molar refractivity (Wildman–Crippen MR) is 93.7 cm³/mol. The molecule has 0 bridgehead atoms. The van der Waals surface area contributed by atoms with Gasteiger partial charge in [0.15, 0.2) is 0 Å². The molecule has 0 unspecified atom stereocenters. The molecular weight excluding hydrogens is 290 g/mol. The molecule has 3 nitrogen and oxygen atoms in total. The van der Waals surface area contributed by atoms with Gasteiger partial charge in [0.1, 0.15) is 10.7 Å². The highest BCUT2D eigenvalue weighted by molar-refractivity contribution is 7.13. The van der Waals surface area contributed by atoms with E-state index in [0.717, 1.165) is 35.0 Å². The molecule has 1 aromatic carbocycles. The van der Waals surface area contributed by atoms with E-state index in [0.29, 0.717) is 0 Å². The van der Waals surface area contributed by atoms with Crippen LogP contribution in [0, 0.1) is 6.92 Å². The van der Waals surface area contributed by atoms with Crippen molar-refractivity contribution in [2.24, 2.45) is 0 Å². The molecule has 1 aliphatic rings. The van der Waals surface area contributed by atoms with E-state index in [1.54, 1.807) is 11.3 Å². The number of hydrogen-bond acceptors (Lipinski definition) is 4. The molecule has 4 rings (SSSR count). The Morgan fingerprint density at radius 2 is 1.86 bits per heavy atom. The summed E-state index contributed by atoms with van der Waals surface area (Å²) in [6.45, 7) is 4.32. The molecule has 1 fully saturated rings. The quantitative estimate of drug-likeness (QED) is 0.689. The van der Waals surface area contributed by atoms with Gasteiger partial charge in [0.2, 0.25) is 0 Å². The summed E-state index contributed by atoms with van der Waals surface area (Å²) >= 11 is 1.67. The zero-order valence-corrected chi connectivity index (χ0v) is 13.6. The lowest BCUT2D eigenvalue weighted by Crippen LogP contribution is -2.29. The first-order valence-corrected chi connectivity index (χ1v) is 8.76. The lowest BCUT2D eigenvalue weighted by atomic mass is 10.1. The molecule has 4 heteroatoms. The molecule has 0 aliphatic carbocycles. The third-order valence-electron chi connectivity index (χ3n) is 4.23. The Hall–Kier alpha value is -1.94. The van der Waals surface area contributed by atoms with Crippen molar-refractivity contribution in [1.29, 1.82) is 0 Å². The molecule has 0 spiro atoms. The van der Waals surface area contributed by atoms with Gasteiger partial charge in [0.05, 0.1) is 5.52 Å². The van der Waals surface area contributed by atoms with Crippen LogP contribution in [0.1, 0.15) is 25.0 Å². The van der Waals surface area contributed by atoms with E-state index in [9.17, 15) is 0 Å². The summed E-state index contributed by atoms with van der Waals surface area (Å²) < 4.78 is 0. The summed E-state index contributed by atoms with van der Waals surface area (Å²) in [5, 5.41) is 4.36. The molecule has 0 amide bonds. The van der Waals surface area contributed by atoms with E-state index in [2.05, 4.69) is 45.6 Å². The number of anilines is 1. The van der Waals surface area contributed by atoms with Crippen molar-refractivity contribution in [2.45, 2.75) is 26.2 Å². The fourth-order valence-corrected chi connectivity index (χ4v) is 3.89. The average molecular weight is 309 g/mol. The molecule has 1 saturated heterocycles. The monoisotopic (exact) mass is 309 g/mol. The van der Waals surface area contributed by atoms with Crippen molar-refractivity contribution in [3.63, 3.8) is 0 Å². The molecule has 112 valence electrons. The number of para-hydroxylation sites is 1. The Morgan fingerprint density at radius 3 is 2.64 bits per heavy atom. The van der Waals surface area contributed by atoms with Gasteiger partial charge in [-0.3, -0.25) is 0 Å². The highest BCUT2D eigenvalue weighted by Crippen LogP contribution is 2.33. The van der Waals surface area contributed by atoms with Gasteiger partial charge < -0.3 is 4.90 Å². The van der Waals surface area contributed by atoms with Gasteiger partial charge in [-0.25, -0.2) is 9.97 Å². The minimum Gasteiger partial charge on any atom is -0.371 e. The third-order valence-corrected chi connectivity index (χ3v) is 5.21. The van der Waals surface area contributed by atoms with E-state index in [1.807, 2.05) is 6.92 Å². The fourth-order valence-electron chi connectivity index (χ4n) is 3.13. The number of hydrogen-bond donors (Lipinski definition) is 0. The molecule has 1 aliphatic heterocycles. The van der Waals surface area contributed by atoms with Gasteiger partial charge >= 0.3 is 0 Å². The summed E-state index contributed by atoms with van der Waals surface area (Å²) in [5.41, 5.74) is 4.44. The van der Waals surface area contributed by atoms with Crippen LogP contribution in [0.2, 0.25) is 0 Å². The molecule has 0 atom stereocenters. The van der Waals surface area contributed by atoms with Crippen molar-refractivity contribution in [3.8, 4) is 10.7 Å². The van der Waals surface area contributed by atoms with Crippen LogP contribution in [0.5, 0.6) is 0 Å². The van der Waals surface area contributed by atoms with Crippen molar-refractivity contribution in [2.75, 3.05) is 18.0 Å². The van der Waals surface area contributed by atoms with Gasteiger partial charge in [-0.2, -0.15) is 0 Å². The average Bonchev–Trinajstić information content (AvgIpc) is 3.01. The third kappa shape index (κ3) is 2.48. The molecular formula is C18H19N3S. The van der Waals surface area contributed by atoms with Crippen molar-refractivity contribution in [1.82, 2.24) is 9.97 Å². The fraction of sp³-hybridized carbons (Fsp3) is 0.333. The van der Waals surface area contributed by atoms with Crippen LogP contribution in [-0.2, 0) is 0 Å². The van der Waals surface area contributed by atoms with Crippen LogP contribution in [0.3, 0.4) is 0 Å². The largest absolute Gasteiger partial charge is 0.371 e. The lowest BCUT2D eigenvalue weighted by molar-refractivity contribution is 0.579. The highest BCUT2D eigenvalue weighted by atomic mass is 32.1. The standard InChI is InChI=1S/C18H19N3S/c1-13-12-22-18(19-13)16-11-17(21-9-5-2-6-10-21)14-7-3-4-8-15(14)20-16/h3-4,7-8,11-12H,2,5-6,9-10H2,1H3. The number of rotatable bonds is 2. The minimum absolute atomic E-state index is 0.998. The molecule has 0 N–H and O–H groups in total. The van der Waals surface area contributed by atoms with Crippen LogP contribution in [0.25, 0.3) is 21.6 Å². The lowest BCUT2D eigenvalue weighted by Gasteiger charge is -2.30. The number of benzene rings is 1. The van der Waals surface area contributed by atoms with Crippen LogP contribution in [-0.4, -0.2) is 23.1 Å². The topological polar surface area (TPSA) is 29.0 Å². The Kier molecular flexibility index (Phi) is 3.54. The Bertz CT molecular complexity index is 803. The zero-order valence-electron chi connectivity index (χ0n) is 12.7. The number of aryl methyl sites for hydroxylation is 1. The molecule has 3 heterocycles. The second-order valence-electron chi connectivity index (χ2n) is 5.89. The maximum absolute atomic E-state index is 4.84. The number of pyridine rings is 1. The Balaban J connectivity index is 1.88. The first-order chi connectivity index (χ1) is 10.8. The zero-order chi connectivity index (χ0) is 14.9. The highest BCUT2D eigenvalue weighted by Gasteiger charge is 2.16. The summed E-state index contributed by atoms with van der Waals surface area (Å²) in [5.74, 6) is 0. The summed E-state index contributed by atoms with van der Waals surface area (Å²) in [6, 6.07) is 10.7. The smallest absolute Gasteiger partial charge is 0.142 e. The normalized spacial score (nSPS) is 15.4. The second-order valence-corrected chi connectivity index (χ2v) is 6.74. The van der Waals surface area contributed by atoms with E-state index >= 15 is 0 Å². The van der Waals surface area contributed by atoms with Crippen molar-refractivity contribution in [3.05, 3.63) is 41.4 Å². The Morgan fingerprint density at radius 1 is 1.05 bits per heavy atom. The van der Waals surface area contributed by atoms with Crippen molar-refractivity contribution >= 4 is 27.9 Å². The van der Waals surface area contributed by atoms with E-state index in [-0.39, 0.29) is 0 Å². The maximum atomic E-state index is 4.84. The van der Waals surface area contributed by atoms with Gasteiger partial charge in [-0.05, 0) is 38.3 Å². The minimum atomic E-state index is 0.998.